The maximum absolute atomic E-state index is 11.9. The number of nitro benzene ring substituents is 2. The van der Waals surface area contributed by atoms with E-state index in [0.717, 1.165) is 6.07 Å². The van der Waals surface area contributed by atoms with Gasteiger partial charge in [-0.15, -0.1) is 0 Å². The second-order valence-electron chi connectivity index (χ2n) is 6.51. The number of para-hydroxylation sites is 1. The van der Waals surface area contributed by atoms with E-state index >= 15 is 0 Å². The molecule has 0 heterocycles. The Balaban J connectivity index is 0.00000408. The van der Waals surface area contributed by atoms with E-state index in [1.165, 1.54) is 12.1 Å². The van der Waals surface area contributed by atoms with Crippen molar-refractivity contribution in [1.29, 1.82) is 0 Å². The molecule has 0 aliphatic carbocycles. The molecular formula is C19H14N4NaO9S+. The molecule has 34 heavy (non-hydrogen) atoms. The van der Waals surface area contributed by atoms with Crippen molar-refractivity contribution < 1.29 is 62.3 Å². The molecule has 3 rings (SSSR count). The number of aromatic carboxylic acids is 1. The minimum Gasteiger partial charge on any atom is -0.478 e. The Morgan fingerprint density at radius 1 is 0.853 bits per heavy atom. The van der Waals surface area contributed by atoms with Crippen molar-refractivity contribution in [2.24, 2.45) is 0 Å². The van der Waals surface area contributed by atoms with Crippen molar-refractivity contribution in [3.8, 4) is 0 Å². The van der Waals surface area contributed by atoms with Crippen molar-refractivity contribution in [3.05, 3.63) is 86.5 Å². The van der Waals surface area contributed by atoms with E-state index in [2.05, 4.69) is 10.6 Å². The first kappa shape index (κ1) is 26.7. The minimum atomic E-state index is -4.79. The van der Waals surface area contributed by atoms with E-state index < -0.39 is 53.5 Å². The Morgan fingerprint density at radius 2 is 1.41 bits per heavy atom. The van der Waals surface area contributed by atoms with E-state index in [1.807, 2.05) is 0 Å². The number of benzene rings is 3. The second kappa shape index (κ2) is 10.6. The molecule has 4 N–H and O–H groups in total. The first-order valence-electron chi connectivity index (χ1n) is 8.88. The topological polar surface area (TPSA) is 202 Å². The van der Waals surface area contributed by atoms with Crippen LogP contribution < -0.4 is 40.2 Å². The van der Waals surface area contributed by atoms with Crippen molar-refractivity contribution in [2.75, 3.05) is 10.6 Å². The van der Waals surface area contributed by atoms with Gasteiger partial charge in [0.15, 0.2) is 5.69 Å². The second-order valence-corrected chi connectivity index (χ2v) is 7.90. The number of nitrogens with one attached hydrogen (secondary N) is 2. The SMILES string of the molecule is O=C(O)c1cc([N+](=O)[O-])c(Nc2ccc(Nc3ccccc3)c(S(=O)(=O)O)c2)c([N+](=O)[O-])c1.[Na+]. The summed E-state index contributed by atoms with van der Waals surface area (Å²) in [5.74, 6) is -1.61. The third-order valence-corrected chi connectivity index (χ3v) is 5.21. The number of anilines is 4. The summed E-state index contributed by atoms with van der Waals surface area (Å²) in [7, 11) is -4.79. The van der Waals surface area contributed by atoms with E-state index in [0.29, 0.717) is 17.8 Å². The summed E-state index contributed by atoms with van der Waals surface area (Å²) in [4.78, 5) is 31.5. The molecule has 3 aromatic rings. The average molecular weight is 497 g/mol. The van der Waals surface area contributed by atoms with E-state index in [9.17, 15) is 38.0 Å². The van der Waals surface area contributed by atoms with Gasteiger partial charge in [-0.25, -0.2) is 4.79 Å². The van der Waals surface area contributed by atoms with Crippen LogP contribution in [0.3, 0.4) is 0 Å². The molecule has 0 unspecified atom stereocenters. The number of rotatable bonds is 8. The molecule has 0 bridgehead atoms. The number of carbonyl (C=O) groups is 1. The summed E-state index contributed by atoms with van der Waals surface area (Å²) in [6, 6.07) is 13.1. The Kier molecular flexibility index (Phi) is 8.31. The van der Waals surface area contributed by atoms with Crippen molar-refractivity contribution >= 4 is 50.2 Å². The van der Waals surface area contributed by atoms with Crippen molar-refractivity contribution in [2.45, 2.75) is 4.90 Å². The van der Waals surface area contributed by atoms with E-state index in [4.69, 9.17) is 5.11 Å². The molecule has 0 aliphatic rings. The zero-order chi connectivity index (χ0) is 24.3. The molecule has 0 saturated heterocycles. The molecule has 13 nitrogen and oxygen atoms in total. The van der Waals surface area contributed by atoms with Crippen LogP contribution in [-0.4, -0.2) is 33.9 Å². The van der Waals surface area contributed by atoms with Gasteiger partial charge >= 0.3 is 46.9 Å². The Morgan fingerprint density at radius 3 is 1.88 bits per heavy atom. The standard InChI is InChI=1S/C19H14N4O9S.Na/c24-19(25)11-8-15(22(26)27)18(16(9-11)23(28)29)21-13-6-7-14(17(10-13)33(30,31)32)20-12-4-2-1-3-5-12;/h1-10,20-21H,(H,24,25)(H,30,31,32);/q;+1. The van der Waals surface area contributed by atoms with Crippen LogP contribution in [0, 0.1) is 20.2 Å². The third kappa shape index (κ3) is 6.06. The number of hydrogen-bond donors (Lipinski definition) is 4. The van der Waals surface area contributed by atoms with Crippen LogP contribution in [-0.2, 0) is 10.1 Å². The first-order chi connectivity index (χ1) is 15.5. The predicted octanol–water partition coefficient (Wildman–Crippen LogP) is 0.939. The summed E-state index contributed by atoms with van der Waals surface area (Å²) in [6.45, 7) is 0. The van der Waals surface area contributed by atoms with Gasteiger partial charge in [-0.05, 0) is 30.3 Å². The molecule has 0 radical (unpaired) electrons. The summed E-state index contributed by atoms with van der Waals surface area (Å²) < 4.78 is 33.5. The Labute approximate surface area is 213 Å². The maximum Gasteiger partial charge on any atom is 1.00 e. The van der Waals surface area contributed by atoms with Crippen LogP contribution in [0.25, 0.3) is 0 Å². The quantitative estimate of drug-likeness (QED) is 0.149. The summed E-state index contributed by atoms with van der Waals surface area (Å²) in [6.07, 6.45) is 0. The summed E-state index contributed by atoms with van der Waals surface area (Å²) >= 11 is 0. The van der Waals surface area contributed by atoms with Gasteiger partial charge in [-0.3, -0.25) is 24.8 Å². The van der Waals surface area contributed by atoms with Gasteiger partial charge in [0, 0.05) is 23.5 Å². The first-order valence-corrected chi connectivity index (χ1v) is 10.3. The summed E-state index contributed by atoms with van der Waals surface area (Å²) in [5.41, 5.74) is -2.86. The number of nitrogens with zero attached hydrogens (tertiary/aromatic N) is 2. The van der Waals surface area contributed by atoms with Gasteiger partial charge < -0.3 is 15.7 Å². The molecule has 0 saturated carbocycles. The van der Waals surface area contributed by atoms with Crippen LogP contribution in [0.4, 0.5) is 34.1 Å². The zero-order valence-electron chi connectivity index (χ0n) is 17.3. The molecule has 15 heteroatoms. The molecule has 0 fully saturated rings. The summed E-state index contributed by atoms with van der Waals surface area (Å²) in [5, 5.41) is 37.2. The fraction of sp³-hybridized carbons (Fsp3) is 0. The average Bonchev–Trinajstić information content (AvgIpc) is 2.74. The number of carboxylic acids is 1. The van der Waals surface area contributed by atoms with Crippen LogP contribution >= 0.6 is 0 Å². The molecule has 3 aromatic carbocycles. The Bertz CT molecular complexity index is 1350. The smallest absolute Gasteiger partial charge is 0.478 e. The molecule has 0 spiro atoms. The van der Waals surface area contributed by atoms with Gasteiger partial charge in [0.25, 0.3) is 10.1 Å². The van der Waals surface area contributed by atoms with E-state index in [-0.39, 0.29) is 40.9 Å². The predicted molar refractivity (Wildman–Crippen MR) is 116 cm³/mol. The largest absolute Gasteiger partial charge is 1.00 e. The van der Waals surface area contributed by atoms with E-state index in [1.54, 1.807) is 30.3 Å². The minimum absolute atomic E-state index is 0. The van der Waals surface area contributed by atoms with Gasteiger partial charge in [0.1, 0.15) is 4.90 Å². The fourth-order valence-corrected chi connectivity index (χ4v) is 3.56. The number of carboxylic acid groups (broad SMARTS) is 1. The molecule has 0 aromatic heterocycles. The van der Waals surface area contributed by atoms with Crippen LogP contribution in [0.5, 0.6) is 0 Å². The van der Waals surface area contributed by atoms with Crippen molar-refractivity contribution in [1.82, 2.24) is 0 Å². The molecular weight excluding hydrogens is 483 g/mol. The van der Waals surface area contributed by atoms with Gasteiger partial charge in [-0.2, -0.15) is 8.42 Å². The zero-order valence-corrected chi connectivity index (χ0v) is 20.1. The van der Waals surface area contributed by atoms with Gasteiger partial charge in [-0.1, -0.05) is 18.2 Å². The molecule has 0 aliphatic heterocycles. The third-order valence-electron chi connectivity index (χ3n) is 4.32. The number of hydrogen-bond acceptors (Lipinski definition) is 9. The van der Waals surface area contributed by atoms with Gasteiger partial charge in [0.2, 0.25) is 0 Å². The molecule has 170 valence electrons. The fourth-order valence-electron chi connectivity index (χ4n) is 2.89. The maximum atomic E-state index is 11.9. The normalized spacial score (nSPS) is 10.6. The molecule has 0 amide bonds. The molecule has 0 atom stereocenters. The Hall–Kier alpha value is -3.56. The van der Waals surface area contributed by atoms with Crippen LogP contribution in [0.15, 0.2) is 65.6 Å². The monoisotopic (exact) mass is 497 g/mol. The van der Waals surface area contributed by atoms with Crippen LogP contribution in [0.2, 0.25) is 0 Å². The number of nitro groups is 2. The van der Waals surface area contributed by atoms with Gasteiger partial charge in [0.05, 0.1) is 21.1 Å². The van der Waals surface area contributed by atoms with Crippen LogP contribution in [0.1, 0.15) is 10.4 Å². The van der Waals surface area contributed by atoms with Crippen molar-refractivity contribution in [3.63, 3.8) is 0 Å².